The molecule has 0 aromatic heterocycles. The number of nitrogens with one attached hydrogen (secondary N) is 1. The molecular formula is C13H19NO3. The lowest BCUT2D eigenvalue weighted by molar-refractivity contribution is -0.142. The minimum absolute atomic E-state index is 0.00847. The molecule has 0 heterocycles. The highest BCUT2D eigenvalue weighted by Crippen LogP contribution is 2.69. The van der Waals surface area contributed by atoms with Crippen molar-refractivity contribution in [1.29, 1.82) is 0 Å². The maximum absolute atomic E-state index is 12.0. The number of carboxylic acids is 1. The molecule has 3 aliphatic rings. The van der Waals surface area contributed by atoms with Crippen molar-refractivity contribution < 1.29 is 14.7 Å². The highest BCUT2D eigenvalue weighted by molar-refractivity contribution is 5.87. The van der Waals surface area contributed by atoms with Gasteiger partial charge in [-0.05, 0) is 49.4 Å². The lowest BCUT2D eigenvalue weighted by atomic mass is 10.0. The van der Waals surface area contributed by atoms with E-state index in [4.69, 9.17) is 5.11 Å². The minimum Gasteiger partial charge on any atom is -0.480 e. The first-order chi connectivity index (χ1) is 8.13. The van der Waals surface area contributed by atoms with Crippen molar-refractivity contribution in [1.82, 2.24) is 5.32 Å². The van der Waals surface area contributed by atoms with Gasteiger partial charge < -0.3 is 10.4 Å². The number of hydrogen-bond acceptors (Lipinski definition) is 2. The van der Waals surface area contributed by atoms with Gasteiger partial charge in [0.2, 0.25) is 5.91 Å². The lowest BCUT2D eigenvalue weighted by Crippen LogP contribution is -2.41. The van der Waals surface area contributed by atoms with Gasteiger partial charge in [-0.25, -0.2) is 4.79 Å². The highest BCUT2D eigenvalue weighted by atomic mass is 16.4. The summed E-state index contributed by atoms with van der Waals surface area (Å²) >= 11 is 0. The van der Waals surface area contributed by atoms with E-state index in [1.807, 2.05) is 0 Å². The van der Waals surface area contributed by atoms with Gasteiger partial charge in [0.25, 0.3) is 0 Å². The number of hydrogen-bond donors (Lipinski definition) is 2. The van der Waals surface area contributed by atoms with Crippen molar-refractivity contribution in [3.8, 4) is 0 Å². The van der Waals surface area contributed by atoms with Gasteiger partial charge in [-0.2, -0.15) is 0 Å². The van der Waals surface area contributed by atoms with Gasteiger partial charge in [-0.1, -0.05) is 6.92 Å². The Kier molecular flexibility index (Phi) is 2.42. The summed E-state index contributed by atoms with van der Waals surface area (Å²) in [4.78, 5) is 22.9. The van der Waals surface area contributed by atoms with Gasteiger partial charge in [0, 0.05) is 5.92 Å². The third-order valence-corrected chi connectivity index (χ3v) is 5.06. The first kappa shape index (κ1) is 11.1. The predicted octanol–water partition coefficient (Wildman–Crippen LogP) is 1.26. The molecular weight excluding hydrogens is 218 g/mol. The number of amides is 1. The molecule has 3 saturated carbocycles. The van der Waals surface area contributed by atoms with Gasteiger partial charge in [0.15, 0.2) is 0 Å². The van der Waals surface area contributed by atoms with E-state index in [0.717, 1.165) is 11.8 Å². The summed E-state index contributed by atoms with van der Waals surface area (Å²) in [6.45, 7) is 1.79. The van der Waals surface area contributed by atoms with Crippen molar-refractivity contribution in [2.24, 2.45) is 29.6 Å². The average molecular weight is 237 g/mol. The van der Waals surface area contributed by atoms with E-state index in [1.54, 1.807) is 6.92 Å². The van der Waals surface area contributed by atoms with Crippen LogP contribution in [0.4, 0.5) is 0 Å². The van der Waals surface area contributed by atoms with Crippen LogP contribution in [0, 0.1) is 29.6 Å². The van der Waals surface area contributed by atoms with Crippen LogP contribution in [0.5, 0.6) is 0 Å². The Hall–Kier alpha value is -1.06. The maximum Gasteiger partial charge on any atom is 0.326 e. The minimum atomic E-state index is -0.922. The first-order valence-corrected chi connectivity index (χ1v) is 6.66. The van der Waals surface area contributed by atoms with Crippen LogP contribution in [-0.4, -0.2) is 23.0 Å². The Balaban J connectivity index is 1.60. The zero-order valence-electron chi connectivity index (χ0n) is 10.1. The molecule has 0 aromatic rings. The summed E-state index contributed by atoms with van der Waals surface area (Å²) in [6, 6.07) is -0.707. The molecule has 3 fully saturated rings. The zero-order valence-corrected chi connectivity index (χ0v) is 10.1. The number of rotatable bonds is 4. The second kappa shape index (κ2) is 3.72. The van der Waals surface area contributed by atoms with Crippen LogP contribution in [0.2, 0.25) is 0 Å². The van der Waals surface area contributed by atoms with E-state index < -0.39 is 12.0 Å². The molecule has 4 heteroatoms. The second-order valence-electron chi connectivity index (χ2n) is 5.82. The molecule has 5 atom stereocenters. The fourth-order valence-electron chi connectivity index (χ4n) is 4.28. The number of aliphatic carboxylic acids is 1. The molecule has 2 N–H and O–H groups in total. The van der Waals surface area contributed by atoms with Gasteiger partial charge in [-0.3, -0.25) is 4.79 Å². The molecule has 0 aliphatic heterocycles. The average Bonchev–Trinajstić information content (AvgIpc) is 2.75. The second-order valence-corrected chi connectivity index (χ2v) is 5.82. The van der Waals surface area contributed by atoms with Crippen molar-refractivity contribution >= 4 is 11.9 Å². The SMILES string of the molecule is CCC(NC(=O)C1C2C3CCC(C3)C12)C(=O)O. The van der Waals surface area contributed by atoms with E-state index in [-0.39, 0.29) is 11.8 Å². The van der Waals surface area contributed by atoms with E-state index in [1.165, 1.54) is 19.3 Å². The molecule has 2 bridgehead atoms. The van der Waals surface area contributed by atoms with Crippen LogP contribution in [0.1, 0.15) is 32.6 Å². The summed E-state index contributed by atoms with van der Waals surface area (Å²) in [5.74, 6) is 1.88. The molecule has 1 amide bonds. The van der Waals surface area contributed by atoms with Crippen LogP contribution in [0.15, 0.2) is 0 Å². The molecule has 94 valence electrons. The quantitative estimate of drug-likeness (QED) is 0.773. The van der Waals surface area contributed by atoms with Crippen LogP contribution in [0.3, 0.4) is 0 Å². The Morgan fingerprint density at radius 2 is 1.88 bits per heavy atom. The van der Waals surface area contributed by atoms with Crippen LogP contribution in [0.25, 0.3) is 0 Å². The van der Waals surface area contributed by atoms with Crippen LogP contribution in [-0.2, 0) is 9.59 Å². The van der Waals surface area contributed by atoms with E-state index in [0.29, 0.717) is 18.3 Å². The molecule has 0 aromatic carbocycles. The molecule has 0 saturated heterocycles. The fourth-order valence-corrected chi connectivity index (χ4v) is 4.28. The highest BCUT2D eigenvalue weighted by Gasteiger charge is 2.67. The van der Waals surface area contributed by atoms with E-state index in [9.17, 15) is 9.59 Å². The van der Waals surface area contributed by atoms with Crippen molar-refractivity contribution in [3.63, 3.8) is 0 Å². The number of fused-ring (bicyclic) bond motifs is 5. The molecule has 0 radical (unpaired) electrons. The standard InChI is InChI=1S/C13H19NO3/c1-2-8(13(16)17)14-12(15)11-9-6-3-4-7(5-6)10(9)11/h6-11H,2-5H2,1H3,(H,14,15)(H,16,17). The molecule has 3 rings (SSSR count). The van der Waals surface area contributed by atoms with Crippen molar-refractivity contribution in [2.45, 2.75) is 38.6 Å². The van der Waals surface area contributed by atoms with Gasteiger partial charge >= 0.3 is 5.97 Å². The van der Waals surface area contributed by atoms with Crippen LogP contribution < -0.4 is 5.32 Å². The van der Waals surface area contributed by atoms with E-state index in [2.05, 4.69) is 5.32 Å². The third-order valence-electron chi connectivity index (χ3n) is 5.06. The number of carbonyl (C=O) groups excluding carboxylic acids is 1. The zero-order chi connectivity index (χ0) is 12.2. The lowest BCUT2D eigenvalue weighted by Gasteiger charge is -2.14. The summed E-state index contributed by atoms with van der Waals surface area (Å²) in [6.07, 6.45) is 4.34. The normalized spacial score (nSPS) is 43.0. The molecule has 4 nitrogen and oxygen atoms in total. The predicted molar refractivity (Wildman–Crippen MR) is 61.2 cm³/mol. The Bertz CT molecular complexity index is 352. The Labute approximate surface area is 101 Å². The topological polar surface area (TPSA) is 66.4 Å². The molecule has 5 unspecified atom stereocenters. The maximum atomic E-state index is 12.0. The summed E-state index contributed by atoms with van der Waals surface area (Å²) in [5, 5.41) is 11.6. The van der Waals surface area contributed by atoms with Crippen LogP contribution >= 0.6 is 0 Å². The number of carboxylic acid groups (broad SMARTS) is 1. The van der Waals surface area contributed by atoms with Crippen molar-refractivity contribution in [3.05, 3.63) is 0 Å². The summed E-state index contributed by atoms with van der Waals surface area (Å²) < 4.78 is 0. The van der Waals surface area contributed by atoms with Crippen molar-refractivity contribution in [2.75, 3.05) is 0 Å². The molecule has 3 aliphatic carbocycles. The summed E-state index contributed by atoms with van der Waals surface area (Å²) in [5.41, 5.74) is 0. The first-order valence-electron chi connectivity index (χ1n) is 6.66. The largest absolute Gasteiger partial charge is 0.480 e. The van der Waals surface area contributed by atoms with E-state index >= 15 is 0 Å². The smallest absolute Gasteiger partial charge is 0.326 e. The van der Waals surface area contributed by atoms with Gasteiger partial charge in [0.05, 0.1) is 0 Å². The Morgan fingerprint density at radius 1 is 1.29 bits per heavy atom. The monoisotopic (exact) mass is 237 g/mol. The Morgan fingerprint density at radius 3 is 2.35 bits per heavy atom. The molecule has 17 heavy (non-hydrogen) atoms. The van der Waals surface area contributed by atoms with Gasteiger partial charge in [-0.15, -0.1) is 0 Å². The summed E-state index contributed by atoms with van der Waals surface area (Å²) in [7, 11) is 0. The fraction of sp³-hybridized carbons (Fsp3) is 0.846. The third kappa shape index (κ3) is 1.57. The van der Waals surface area contributed by atoms with Gasteiger partial charge in [0.1, 0.15) is 6.04 Å². The number of carbonyl (C=O) groups is 2. The molecule has 0 spiro atoms.